The highest BCUT2D eigenvalue weighted by Gasteiger charge is 2.18. The minimum absolute atomic E-state index is 0.130. The molecular weight excluding hydrogens is 364 g/mol. The van der Waals surface area contributed by atoms with E-state index in [4.69, 9.17) is 9.72 Å². The van der Waals surface area contributed by atoms with E-state index in [0.717, 1.165) is 22.0 Å². The molecule has 148 valence electrons. The molecule has 1 atom stereocenters. The third-order valence-corrected chi connectivity index (χ3v) is 6.04. The van der Waals surface area contributed by atoms with Gasteiger partial charge in [0.05, 0.1) is 18.8 Å². The number of hydrogen-bond donors (Lipinski definition) is 1. The van der Waals surface area contributed by atoms with Gasteiger partial charge in [0.1, 0.15) is 10.8 Å². The van der Waals surface area contributed by atoms with Crippen molar-refractivity contribution in [2.45, 2.75) is 52.5 Å². The lowest BCUT2D eigenvalue weighted by Gasteiger charge is -2.23. The first-order valence-corrected chi connectivity index (χ1v) is 10.8. The number of hydrogen-bond acceptors (Lipinski definition) is 4. The molecule has 0 spiro atoms. The minimum atomic E-state index is 0.130. The van der Waals surface area contributed by atoms with Crippen LogP contribution < -0.4 is 10.1 Å². The summed E-state index contributed by atoms with van der Waals surface area (Å²) in [7, 11) is 1.70. The zero-order valence-electron chi connectivity index (χ0n) is 17.6. The first kappa shape index (κ1) is 20.4. The molecule has 0 bridgehead atoms. The largest absolute Gasteiger partial charge is 0.496 e. The number of nitrogens with zero attached hydrogens (tertiary/aromatic N) is 1. The van der Waals surface area contributed by atoms with Crippen molar-refractivity contribution in [1.29, 1.82) is 0 Å². The van der Waals surface area contributed by atoms with Gasteiger partial charge < -0.3 is 10.1 Å². The zero-order chi connectivity index (χ0) is 20.3. The molecule has 0 fully saturated rings. The van der Waals surface area contributed by atoms with Crippen molar-refractivity contribution >= 4 is 17.0 Å². The number of aromatic nitrogens is 1. The van der Waals surface area contributed by atoms with Crippen LogP contribution in [0.1, 0.15) is 68.6 Å². The van der Waals surface area contributed by atoms with Gasteiger partial charge in [0.2, 0.25) is 0 Å². The monoisotopic (exact) mass is 394 g/mol. The maximum atomic E-state index is 5.50. The van der Waals surface area contributed by atoms with Crippen molar-refractivity contribution in [1.82, 2.24) is 4.98 Å². The van der Waals surface area contributed by atoms with E-state index in [2.05, 4.69) is 69.6 Å². The average molecular weight is 395 g/mol. The molecule has 0 radical (unpaired) electrons. The third-order valence-electron chi connectivity index (χ3n) is 5.01. The van der Waals surface area contributed by atoms with E-state index in [0.29, 0.717) is 11.8 Å². The molecule has 3 rings (SSSR count). The van der Waals surface area contributed by atoms with Crippen LogP contribution in [0.15, 0.2) is 47.8 Å². The molecule has 0 aliphatic carbocycles. The second-order valence-corrected chi connectivity index (χ2v) is 8.65. The molecule has 3 nitrogen and oxygen atoms in total. The van der Waals surface area contributed by atoms with Gasteiger partial charge in [-0.3, -0.25) is 0 Å². The van der Waals surface area contributed by atoms with E-state index in [1.54, 1.807) is 18.4 Å². The molecule has 1 aromatic heterocycles. The molecule has 0 amide bonds. The quantitative estimate of drug-likeness (QED) is 0.458. The zero-order valence-corrected chi connectivity index (χ0v) is 18.4. The Hall–Kier alpha value is -2.33. The summed E-state index contributed by atoms with van der Waals surface area (Å²) in [5.74, 6) is 1.79. The average Bonchev–Trinajstić information content (AvgIpc) is 3.17. The maximum absolute atomic E-state index is 5.50. The van der Waals surface area contributed by atoms with E-state index >= 15 is 0 Å². The summed E-state index contributed by atoms with van der Waals surface area (Å²) in [5.41, 5.74) is 5.98. The first-order valence-electron chi connectivity index (χ1n) is 9.90. The summed E-state index contributed by atoms with van der Waals surface area (Å²) in [6.45, 7) is 11.2. The lowest BCUT2D eigenvalue weighted by Crippen LogP contribution is -2.12. The lowest BCUT2D eigenvalue weighted by molar-refractivity contribution is 0.416. The Kier molecular flexibility index (Phi) is 6.40. The Morgan fingerprint density at radius 3 is 2.14 bits per heavy atom. The molecule has 0 aliphatic rings. The van der Waals surface area contributed by atoms with Crippen LogP contribution in [-0.4, -0.2) is 12.1 Å². The summed E-state index contributed by atoms with van der Waals surface area (Å²) in [6, 6.07) is 14.8. The van der Waals surface area contributed by atoms with Crippen molar-refractivity contribution in [3.8, 4) is 17.0 Å². The van der Waals surface area contributed by atoms with Crippen LogP contribution in [0, 0.1) is 0 Å². The van der Waals surface area contributed by atoms with Gasteiger partial charge in [-0.2, -0.15) is 0 Å². The van der Waals surface area contributed by atoms with Crippen LogP contribution >= 0.6 is 11.3 Å². The van der Waals surface area contributed by atoms with Gasteiger partial charge >= 0.3 is 0 Å². The SMILES string of the molecule is COc1ccccc1-c1csc(C(C)Nc2c(C(C)C)cccc2C(C)C)n1. The molecule has 0 saturated heterocycles. The minimum Gasteiger partial charge on any atom is -0.496 e. The molecule has 1 unspecified atom stereocenters. The molecule has 4 heteroatoms. The first-order chi connectivity index (χ1) is 13.4. The van der Waals surface area contributed by atoms with E-state index in [1.165, 1.54) is 16.8 Å². The Labute approximate surface area is 172 Å². The van der Waals surface area contributed by atoms with Crippen molar-refractivity contribution < 1.29 is 4.74 Å². The summed E-state index contributed by atoms with van der Waals surface area (Å²) in [6.07, 6.45) is 0. The van der Waals surface area contributed by atoms with Gasteiger partial charge in [-0.15, -0.1) is 11.3 Å². The van der Waals surface area contributed by atoms with Crippen molar-refractivity contribution in [2.75, 3.05) is 12.4 Å². The van der Waals surface area contributed by atoms with Crippen LogP contribution in [0.2, 0.25) is 0 Å². The third kappa shape index (κ3) is 4.22. The number of rotatable bonds is 7. The smallest absolute Gasteiger partial charge is 0.128 e. The fourth-order valence-electron chi connectivity index (χ4n) is 3.46. The molecule has 28 heavy (non-hydrogen) atoms. The highest BCUT2D eigenvalue weighted by molar-refractivity contribution is 7.10. The van der Waals surface area contributed by atoms with Crippen LogP contribution in [0.5, 0.6) is 5.75 Å². The Morgan fingerprint density at radius 2 is 1.54 bits per heavy atom. The van der Waals surface area contributed by atoms with Crippen LogP contribution in [0.25, 0.3) is 11.3 Å². The highest BCUT2D eigenvalue weighted by Crippen LogP contribution is 2.36. The second-order valence-electron chi connectivity index (χ2n) is 7.76. The van der Waals surface area contributed by atoms with Gasteiger partial charge in [0.15, 0.2) is 0 Å². The van der Waals surface area contributed by atoms with E-state index < -0.39 is 0 Å². The number of nitrogens with one attached hydrogen (secondary N) is 1. The Balaban J connectivity index is 1.91. The van der Waals surface area contributed by atoms with E-state index in [1.807, 2.05) is 18.2 Å². The second kappa shape index (κ2) is 8.78. The number of thiazole rings is 1. The fraction of sp³-hybridized carbons (Fsp3) is 0.375. The fourth-order valence-corrected chi connectivity index (χ4v) is 4.29. The van der Waals surface area contributed by atoms with Crippen molar-refractivity contribution in [3.63, 3.8) is 0 Å². The van der Waals surface area contributed by atoms with Crippen molar-refractivity contribution in [2.24, 2.45) is 0 Å². The van der Waals surface area contributed by atoms with E-state index in [9.17, 15) is 0 Å². The van der Waals surface area contributed by atoms with Gasteiger partial charge in [-0.05, 0) is 42.0 Å². The topological polar surface area (TPSA) is 34.1 Å². The summed E-state index contributed by atoms with van der Waals surface area (Å²) < 4.78 is 5.50. The van der Waals surface area contributed by atoms with Crippen LogP contribution in [0.3, 0.4) is 0 Å². The maximum Gasteiger partial charge on any atom is 0.128 e. The Bertz CT molecular complexity index is 904. The van der Waals surface area contributed by atoms with Crippen LogP contribution in [0.4, 0.5) is 5.69 Å². The number of para-hydroxylation sites is 2. The number of benzene rings is 2. The van der Waals surface area contributed by atoms with E-state index in [-0.39, 0.29) is 6.04 Å². The molecule has 3 aromatic rings. The molecule has 0 aliphatic heterocycles. The molecule has 0 saturated carbocycles. The number of anilines is 1. The molecule has 2 aromatic carbocycles. The van der Waals surface area contributed by atoms with Gasteiger partial charge in [-0.1, -0.05) is 58.0 Å². The highest BCUT2D eigenvalue weighted by atomic mass is 32.1. The van der Waals surface area contributed by atoms with Gasteiger partial charge in [-0.25, -0.2) is 4.98 Å². The van der Waals surface area contributed by atoms with Crippen LogP contribution in [-0.2, 0) is 0 Å². The van der Waals surface area contributed by atoms with Crippen molar-refractivity contribution in [3.05, 3.63) is 64.0 Å². The lowest BCUT2D eigenvalue weighted by atomic mass is 9.92. The molecular formula is C24H30N2OS. The predicted molar refractivity (Wildman–Crippen MR) is 121 cm³/mol. The van der Waals surface area contributed by atoms with Gasteiger partial charge in [0.25, 0.3) is 0 Å². The van der Waals surface area contributed by atoms with Gasteiger partial charge in [0, 0.05) is 16.6 Å². The summed E-state index contributed by atoms with van der Waals surface area (Å²) in [4.78, 5) is 4.91. The summed E-state index contributed by atoms with van der Waals surface area (Å²) >= 11 is 1.69. The Morgan fingerprint density at radius 1 is 0.893 bits per heavy atom. The normalized spacial score (nSPS) is 12.4. The molecule has 1 N–H and O–H groups in total. The number of ether oxygens (including phenoxy) is 1. The standard InChI is InChI=1S/C24H30N2OS/c1-15(2)18-11-9-12-19(16(3)4)23(18)25-17(5)24-26-21(14-28-24)20-10-7-8-13-22(20)27-6/h7-17,25H,1-6H3. The predicted octanol–water partition coefficient (Wildman–Crippen LogP) is 7.24. The number of methoxy groups -OCH3 is 1. The molecule has 1 heterocycles. The summed E-state index contributed by atoms with van der Waals surface area (Å²) in [5, 5.41) is 6.96.